The van der Waals surface area contributed by atoms with Gasteiger partial charge in [0.2, 0.25) is 5.91 Å². The summed E-state index contributed by atoms with van der Waals surface area (Å²) in [6.45, 7) is 2.65. The molecule has 0 aliphatic carbocycles. The summed E-state index contributed by atoms with van der Waals surface area (Å²) in [6.07, 6.45) is 2.01. The van der Waals surface area contributed by atoms with Crippen molar-refractivity contribution in [3.05, 3.63) is 53.1 Å². The molecule has 0 radical (unpaired) electrons. The van der Waals surface area contributed by atoms with Crippen LogP contribution in [0, 0.1) is 0 Å². The van der Waals surface area contributed by atoms with Gasteiger partial charge in [-0.05, 0) is 49.6 Å². The molecule has 1 aliphatic rings. The van der Waals surface area contributed by atoms with E-state index in [1.807, 2.05) is 30.0 Å². The Balaban J connectivity index is 1.54. The number of carbonyl (C=O) groups is 1. The maximum absolute atomic E-state index is 12.9. The molecule has 0 fully saturated rings. The Morgan fingerprint density at radius 1 is 1.32 bits per heavy atom. The van der Waals surface area contributed by atoms with Crippen molar-refractivity contribution in [1.82, 2.24) is 4.98 Å². The van der Waals surface area contributed by atoms with Gasteiger partial charge >= 0.3 is 0 Å². The monoisotopic (exact) mass is 372 g/mol. The van der Waals surface area contributed by atoms with Gasteiger partial charge in [0.15, 0.2) is 5.58 Å². The predicted molar refractivity (Wildman–Crippen MR) is 101 cm³/mol. The minimum Gasteiger partial charge on any atom is -0.431 e. The summed E-state index contributed by atoms with van der Waals surface area (Å²) in [7, 11) is 0. The van der Waals surface area contributed by atoms with Gasteiger partial charge in [0, 0.05) is 17.3 Å². The van der Waals surface area contributed by atoms with Gasteiger partial charge in [0.25, 0.3) is 5.22 Å². The van der Waals surface area contributed by atoms with Crippen LogP contribution in [0.15, 0.2) is 52.1 Å². The first-order valence-electron chi connectivity index (χ1n) is 8.24. The van der Waals surface area contributed by atoms with E-state index in [-0.39, 0.29) is 11.2 Å². The van der Waals surface area contributed by atoms with Crippen molar-refractivity contribution >= 4 is 46.1 Å². The number of aryl methyl sites for hydroxylation is 1. The van der Waals surface area contributed by atoms with E-state index in [1.54, 1.807) is 18.2 Å². The molecule has 1 aliphatic heterocycles. The Morgan fingerprint density at radius 2 is 2.16 bits per heavy atom. The summed E-state index contributed by atoms with van der Waals surface area (Å²) >= 11 is 7.32. The molecule has 0 saturated carbocycles. The molecule has 0 bridgehead atoms. The zero-order valence-corrected chi connectivity index (χ0v) is 15.3. The van der Waals surface area contributed by atoms with E-state index in [9.17, 15) is 4.79 Å². The van der Waals surface area contributed by atoms with Crippen LogP contribution >= 0.6 is 23.4 Å². The second-order valence-corrected chi connectivity index (χ2v) is 7.80. The SMILES string of the molecule is CC(Sc1nc2cc(Cl)ccc2o1)C(=O)N1CCCc2ccccc21. The largest absolute Gasteiger partial charge is 0.431 e. The molecule has 25 heavy (non-hydrogen) atoms. The summed E-state index contributed by atoms with van der Waals surface area (Å²) in [5.41, 5.74) is 3.64. The van der Waals surface area contributed by atoms with Crippen molar-refractivity contribution in [2.24, 2.45) is 0 Å². The zero-order chi connectivity index (χ0) is 17.4. The van der Waals surface area contributed by atoms with Gasteiger partial charge in [-0.3, -0.25) is 4.79 Å². The van der Waals surface area contributed by atoms with E-state index in [2.05, 4.69) is 11.1 Å². The number of hydrogen-bond donors (Lipinski definition) is 0. The third-order valence-corrected chi connectivity index (χ3v) is 5.50. The molecule has 0 spiro atoms. The number of carbonyl (C=O) groups excluding carboxylic acids is 1. The lowest BCUT2D eigenvalue weighted by atomic mass is 10.0. The van der Waals surface area contributed by atoms with Crippen LogP contribution in [-0.4, -0.2) is 22.7 Å². The normalized spacial score (nSPS) is 15.2. The second-order valence-electron chi connectivity index (χ2n) is 6.07. The lowest BCUT2D eigenvalue weighted by molar-refractivity contribution is -0.117. The van der Waals surface area contributed by atoms with Crippen LogP contribution in [0.1, 0.15) is 18.9 Å². The van der Waals surface area contributed by atoms with Crippen molar-refractivity contribution < 1.29 is 9.21 Å². The van der Waals surface area contributed by atoms with Gasteiger partial charge < -0.3 is 9.32 Å². The second kappa shape index (κ2) is 6.73. The minimum absolute atomic E-state index is 0.0810. The molecule has 4 nitrogen and oxygen atoms in total. The van der Waals surface area contributed by atoms with Crippen molar-refractivity contribution in [2.45, 2.75) is 30.2 Å². The molecule has 0 N–H and O–H groups in total. The van der Waals surface area contributed by atoms with Crippen LogP contribution in [0.3, 0.4) is 0 Å². The topological polar surface area (TPSA) is 46.3 Å². The summed E-state index contributed by atoms with van der Waals surface area (Å²) in [5.74, 6) is 0.0810. The first kappa shape index (κ1) is 16.5. The van der Waals surface area contributed by atoms with Crippen LogP contribution in [0.25, 0.3) is 11.1 Å². The maximum atomic E-state index is 12.9. The van der Waals surface area contributed by atoms with E-state index >= 15 is 0 Å². The number of aromatic nitrogens is 1. The molecular formula is C19H17ClN2O2S. The molecule has 2 aromatic carbocycles. The Kier molecular flexibility index (Phi) is 4.44. The predicted octanol–water partition coefficient (Wildman–Crippen LogP) is 4.94. The molecule has 1 unspecified atom stereocenters. The molecule has 6 heteroatoms. The average molecular weight is 373 g/mol. The lowest BCUT2D eigenvalue weighted by Gasteiger charge is -2.31. The van der Waals surface area contributed by atoms with Crippen molar-refractivity contribution in [1.29, 1.82) is 0 Å². The molecule has 3 aromatic rings. The van der Waals surface area contributed by atoms with Crippen LogP contribution in [0.2, 0.25) is 5.02 Å². The fourth-order valence-corrected chi connectivity index (χ4v) is 4.10. The summed E-state index contributed by atoms with van der Waals surface area (Å²) in [6, 6.07) is 13.4. The van der Waals surface area contributed by atoms with Gasteiger partial charge in [-0.1, -0.05) is 41.6 Å². The van der Waals surface area contributed by atoms with E-state index in [4.69, 9.17) is 16.0 Å². The van der Waals surface area contributed by atoms with Gasteiger partial charge in [-0.25, -0.2) is 4.98 Å². The van der Waals surface area contributed by atoms with E-state index < -0.39 is 0 Å². The number of hydrogen-bond acceptors (Lipinski definition) is 4. The summed E-state index contributed by atoms with van der Waals surface area (Å²) in [5, 5.41) is 0.824. The van der Waals surface area contributed by atoms with E-state index in [1.165, 1.54) is 17.3 Å². The molecule has 1 aromatic heterocycles. The van der Waals surface area contributed by atoms with Crippen molar-refractivity contribution in [3.8, 4) is 0 Å². The Bertz CT molecular complexity index is 940. The van der Waals surface area contributed by atoms with Gasteiger partial charge in [0.1, 0.15) is 5.52 Å². The Morgan fingerprint density at radius 3 is 3.04 bits per heavy atom. The molecule has 2 heterocycles. The number of anilines is 1. The van der Waals surface area contributed by atoms with Gasteiger partial charge in [-0.15, -0.1) is 0 Å². The van der Waals surface area contributed by atoms with Gasteiger partial charge in [0.05, 0.1) is 5.25 Å². The fourth-order valence-electron chi connectivity index (χ4n) is 3.11. The highest BCUT2D eigenvalue weighted by Crippen LogP contribution is 2.32. The Labute approximate surface area is 155 Å². The van der Waals surface area contributed by atoms with Crippen molar-refractivity contribution in [2.75, 3.05) is 11.4 Å². The minimum atomic E-state index is -0.283. The lowest BCUT2D eigenvalue weighted by Crippen LogP contribution is -2.40. The van der Waals surface area contributed by atoms with Crippen LogP contribution < -0.4 is 4.90 Å². The number of para-hydroxylation sites is 1. The molecule has 4 rings (SSSR count). The Hall–Kier alpha value is -1.98. The highest BCUT2D eigenvalue weighted by Gasteiger charge is 2.27. The smallest absolute Gasteiger partial charge is 0.257 e. The molecule has 0 saturated heterocycles. The van der Waals surface area contributed by atoms with E-state index in [0.717, 1.165) is 25.1 Å². The fraction of sp³-hybridized carbons (Fsp3) is 0.263. The highest BCUT2D eigenvalue weighted by molar-refractivity contribution is 8.00. The number of benzene rings is 2. The third-order valence-electron chi connectivity index (χ3n) is 4.33. The zero-order valence-electron chi connectivity index (χ0n) is 13.7. The van der Waals surface area contributed by atoms with Crippen molar-refractivity contribution in [3.63, 3.8) is 0 Å². The first-order valence-corrected chi connectivity index (χ1v) is 9.49. The quantitative estimate of drug-likeness (QED) is 0.611. The van der Waals surface area contributed by atoms with Crippen LogP contribution in [0.5, 0.6) is 0 Å². The van der Waals surface area contributed by atoms with Crippen LogP contribution in [-0.2, 0) is 11.2 Å². The molecule has 128 valence electrons. The number of thioether (sulfide) groups is 1. The third kappa shape index (κ3) is 3.26. The molecule has 1 amide bonds. The highest BCUT2D eigenvalue weighted by atomic mass is 35.5. The number of fused-ring (bicyclic) bond motifs is 2. The summed E-state index contributed by atoms with van der Waals surface area (Å²) < 4.78 is 5.72. The number of amides is 1. The number of rotatable bonds is 3. The van der Waals surface area contributed by atoms with Gasteiger partial charge in [-0.2, -0.15) is 0 Å². The van der Waals surface area contributed by atoms with Crippen LogP contribution in [0.4, 0.5) is 5.69 Å². The average Bonchev–Trinajstić information content (AvgIpc) is 3.01. The summed E-state index contributed by atoms with van der Waals surface area (Å²) in [4.78, 5) is 19.3. The standard InChI is InChI=1S/C19H17ClN2O2S/c1-12(25-19-21-15-11-14(20)8-9-17(15)24-19)18(23)22-10-4-6-13-5-2-3-7-16(13)22/h2-3,5,7-9,11-12H,4,6,10H2,1H3. The first-order chi connectivity index (χ1) is 12.1. The molecular weight excluding hydrogens is 356 g/mol. The number of halogens is 1. The maximum Gasteiger partial charge on any atom is 0.257 e. The van der Waals surface area contributed by atoms with E-state index in [0.29, 0.717) is 21.3 Å². The number of oxazole rings is 1. The number of nitrogens with zero attached hydrogens (tertiary/aromatic N) is 2. The molecule has 1 atom stereocenters.